The summed E-state index contributed by atoms with van der Waals surface area (Å²) in [7, 11) is 1.11. The summed E-state index contributed by atoms with van der Waals surface area (Å²) < 4.78 is 77.9. The van der Waals surface area contributed by atoms with Crippen molar-refractivity contribution in [1.82, 2.24) is 0 Å². The molecule has 0 saturated carbocycles. The second-order valence-corrected chi connectivity index (χ2v) is 19.8. The van der Waals surface area contributed by atoms with Gasteiger partial charge < -0.3 is 179 Å². The van der Waals surface area contributed by atoms with E-state index >= 15 is 0 Å². The van der Waals surface area contributed by atoms with Gasteiger partial charge in [0.05, 0.1) is 46.2 Å². The fourth-order valence-electron chi connectivity index (χ4n) is 10.1. The quantitative estimate of drug-likeness (QED) is 0.0538. The van der Waals surface area contributed by atoms with Crippen molar-refractivity contribution in [2.75, 3.05) is 53.4 Å². The molecular weight excluding hydrogens is 1090 g/mol. The van der Waals surface area contributed by atoms with Crippen molar-refractivity contribution in [2.24, 2.45) is 0 Å². The summed E-state index contributed by atoms with van der Waals surface area (Å²) in [6, 6.07) is 0. The van der Waals surface area contributed by atoms with Gasteiger partial charge in [-0.3, -0.25) is 0 Å². The minimum absolute atomic E-state index is 0.830. The fourth-order valence-corrected chi connectivity index (χ4v) is 10.1. The molecule has 0 aromatic heterocycles. The smallest absolute Gasteiger partial charge is 0.187 e. The number of aliphatic hydroxyl groups is 22. The zero-order valence-corrected chi connectivity index (χ0v) is 41.7. The van der Waals surface area contributed by atoms with Crippen LogP contribution in [0.4, 0.5) is 0 Å². The highest BCUT2D eigenvalue weighted by Gasteiger charge is 2.58. The van der Waals surface area contributed by atoms with E-state index in [1.165, 1.54) is 0 Å². The van der Waals surface area contributed by atoms with Crippen molar-refractivity contribution >= 4 is 0 Å². The first kappa shape index (κ1) is 65.1. The molecule has 35 atom stereocenters. The van der Waals surface area contributed by atoms with E-state index < -0.39 is 261 Å². The monoisotopic (exact) mass is 1170 g/mol. The van der Waals surface area contributed by atoms with Crippen LogP contribution in [0.3, 0.4) is 0 Å². The topological polar surface area (TPSA) is 574 Å². The summed E-state index contributed by atoms with van der Waals surface area (Å²) in [6.45, 7) is -6.77. The van der Waals surface area contributed by atoms with E-state index in [1.807, 2.05) is 0 Å². The minimum Gasteiger partial charge on any atom is -0.394 e. The van der Waals surface area contributed by atoms with Gasteiger partial charge in [-0.25, -0.2) is 0 Å². The Bertz CT molecular complexity index is 1830. The molecule has 7 aliphatic heterocycles. The van der Waals surface area contributed by atoms with Crippen LogP contribution in [0.1, 0.15) is 0 Å². The van der Waals surface area contributed by atoms with Crippen molar-refractivity contribution < 1.29 is 179 Å². The molecule has 0 bridgehead atoms. The molecule has 0 aromatic carbocycles. The van der Waals surface area contributed by atoms with Crippen LogP contribution in [0.25, 0.3) is 0 Å². The molecule has 7 aliphatic rings. The summed E-state index contributed by atoms with van der Waals surface area (Å²) in [5.41, 5.74) is 0. The van der Waals surface area contributed by atoms with Gasteiger partial charge in [0.25, 0.3) is 0 Å². The van der Waals surface area contributed by atoms with Crippen molar-refractivity contribution in [2.45, 2.75) is 215 Å². The molecule has 462 valence electrons. The fraction of sp³-hybridized carbons (Fsp3) is 1.00. The molecule has 36 nitrogen and oxygen atoms in total. The maximum Gasteiger partial charge on any atom is 0.187 e. The van der Waals surface area contributed by atoms with Gasteiger partial charge >= 0.3 is 0 Å². The predicted molar refractivity (Wildman–Crippen MR) is 237 cm³/mol. The molecule has 79 heavy (non-hydrogen) atoms. The zero-order valence-electron chi connectivity index (χ0n) is 41.7. The van der Waals surface area contributed by atoms with Crippen LogP contribution < -0.4 is 0 Å². The Morgan fingerprint density at radius 2 is 0.506 bits per heavy atom. The summed E-state index contributed by atoms with van der Waals surface area (Å²) in [5.74, 6) is 0. The van der Waals surface area contributed by atoms with Crippen LogP contribution >= 0.6 is 0 Å². The Labute approximate surface area is 446 Å². The molecule has 7 heterocycles. The van der Waals surface area contributed by atoms with Gasteiger partial charge in [0.1, 0.15) is 171 Å². The number of hydrogen-bond acceptors (Lipinski definition) is 36. The summed E-state index contributed by atoms with van der Waals surface area (Å²) >= 11 is 0. The lowest BCUT2D eigenvalue weighted by Gasteiger charge is -2.49. The Morgan fingerprint density at radius 3 is 0.861 bits per heavy atom. The first-order valence-electron chi connectivity index (χ1n) is 25.0. The number of rotatable bonds is 20. The van der Waals surface area contributed by atoms with Gasteiger partial charge in [0.15, 0.2) is 44.0 Å². The van der Waals surface area contributed by atoms with Crippen molar-refractivity contribution in [3.8, 4) is 0 Å². The predicted octanol–water partition coefficient (Wildman–Crippen LogP) is -15.6. The van der Waals surface area contributed by atoms with E-state index in [9.17, 15) is 112 Å². The number of methoxy groups -OCH3 is 1. The van der Waals surface area contributed by atoms with Crippen LogP contribution in [0.15, 0.2) is 0 Å². The maximum absolute atomic E-state index is 11.9. The number of aliphatic hydroxyl groups excluding tert-OH is 22. The van der Waals surface area contributed by atoms with E-state index in [0.717, 1.165) is 7.11 Å². The third kappa shape index (κ3) is 13.5. The van der Waals surface area contributed by atoms with Crippen LogP contribution in [-0.4, -0.2) is 381 Å². The third-order valence-electron chi connectivity index (χ3n) is 14.8. The molecule has 36 heteroatoms. The molecule has 0 amide bonds. The maximum atomic E-state index is 11.9. The molecule has 7 saturated heterocycles. The van der Waals surface area contributed by atoms with E-state index in [2.05, 4.69) is 0 Å². The third-order valence-corrected chi connectivity index (χ3v) is 14.8. The lowest BCUT2D eigenvalue weighted by molar-refractivity contribution is -0.395. The largest absolute Gasteiger partial charge is 0.394 e. The molecular formula is C43H74O36. The molecule has 0 spiro atoms. The number of hydrogen-bond donors (Lipinski definition) is 22. The van der Waals surface area contributed by atoms with Gasteiger partial charge in [0, 0.05) is 7.11 Å². The average Bonchev–Trinajstić information content (AvgIpc) is 3.49. The normalized spacial score (nSPS) is 53.0. The summed E-state index contributed by atoms with van der Waals surface area (Å²) in [4.78, 5) is 0. The van der Waals surface area contributed by atoms with Crippen molar-refractivity contribution in [1.29, 1.82) is 0 Å². The van der Waals surface area contributed by atoms with Crippen LogP contribution in [-0.2, 0) is 66.3 Å². The Kier molecular flexibility index (Phi) is 23.2. The van der Waals surface area contributed by atoms with E-state index in [4.69, 9.17) is 66.3 Å². The van der Waals surface area contributed by atoms with Gasteiger partial charge in [0.2, 0.25) is 0 Å². The Morgan fingerprint density at radius 1 is 0.253 bits per heavy atom. The molecule has 7 rings (SSSR count). The first-order chi connectivity index (χ1) is 37.5. The zero-order chi connectivity index (χ0) is 58.1. The minimum atomic E-state index is -2.31. The van der Waals surface area contributed by atoms with E-state index in [1.54, 1.807) is 0 Å². The van der Waals surface area contributed by atoms with Crippen LogP contribution in [0.2, 0.25) is 0 Å². The SMILES string of the molecule is CO[C@@H]1C(O)[C@H](O[C@@H]2C(O)[C@H](O[C@@H]3C(O)[C@H](O[C@@H]4C(O)[C@H](O)OC(CO)[C@H]4O)OC(CO[C@@H]4OC(CO)[C@@H](O)[C@H](O[C@@H]5OC(CO)[C@@H](O)[C@H](O[C@@H]6OC(CO)[C@@H](O)[C@H](O)C6O)C5O)C4O)[C@H]3O)OC(CO)[C@H]2O)OC(CO)[C@H]1O. The van der Waals surface area contributed by atoms with Crippen molar-refractivity contribution in [3.05, 3.63) is 0 Å². The highest BCUT2D eigenvalue weighted by Crippen LogP contribution is 2.37. The molecule has 0 aromatic rings. The second-order valence-electron chi connectivity index (χ2n) is 19.8. The molecule has 0 radical (unpaired) electrons. The summed E-state index contributed by atoms with van der Waals surface area (Å²) in [5, 5.41) is 236. The van der Waals surface area contributed by atoms with E-state index in [0.29, 0.717) is 0 Å². The van der Waals surface area contributed by atoms with Gasteiger partial charge in [-0.15, -0.1) is 0 Å². The lowest BCUT2D eigenvalue weighted by atomic mass is 9.95. The molecule has 7 fully saturated rings. The van der Waals surface area contributed by atoms with Crippen LogP contribution in [0.5, 0.6) is 0 Å². The second kappa shape index (κ2) is 28.2. The van der Waals surface area contributed by atoms with Gasteiger partial charge in [-0.2, -0.15) is 0 Å². The standard InChI is InChI=1S/C43H74O36/c1-66-31-17(51)11(4-46)71-40(26(31)60)78-35-21(55)14(7-49)73-42(29(35)63)79-36-22(56)15(74-43(30(36)64)75-32-18(52)10(3-45)68-37(65)25(32)59)8-67-38-27(61)33(19(53)12(5-47)69-38)77-41-28(62)34(20(54)13(6-48)72-41)76-39-24(58)23(57)16(50)9(2-44)70-39/h9-65H,2-8H2,1H3/t9?,10?,11?,12?,13?,14?,15?,16-,17-,18-,19-,20-,21-,22-,23+,24?,25?,26?,27?,28?,29?,30?,31+,32+,33+,34+,35+,36+,37-,38-,39+,40+,41+,42+,43+/m1/s1. The van der Waals surface area contributed by atoms with E-state index in [-0.39, 0.29) is 0 Å². The summed E-state index contributed by atoms with van der Waals surface area (Å²) in [6.07, 6.45) is -68.3. The van der Waals surface area contributed by atoms with Crippen LogP contribution in [0, 0.1) is 0 Å². The van der Waals surface area contributed by atoms with Gasteiger partial charge in [-0.1, -0.05) is 0 Å². The highest BCUT2D eigenvalue weighted by molar-refractivity contribution is 5.00. The van der Waals surface area contributed by atoms with Crippen molar-refractivity contribution in [3.63, 3.8) is 0 Å². The first-order valence-corrected chi connectivity index (χ1v) is 25.0. The number of ether oxygens (including phenoxy) is 14. The lowest BCUT2D eigenvalue weighted by Crippen LogP contribution is -2.68. The molecule has 22 N–H and O–H groups in total. The Balaban J connectivity index is 1.11. The molecule has 14 unspecified atom stereocenters. The Hall–Kier alpha value is -1.44. The van der Waals surface area contributed by atoms with Gasteiger partial charge in [-0.05, 0) is 0 Å². The molecule has 0 aliphatic carbocycles. The average molecular weight is 1170 g/mol. The highest BCUT2D eigenvalue weighted by atomic mass is 16.8.